The fraction of sp³-hybridized carbons (Fsp3) is 0.381. The highest BCUT2D eigenvalue weighted by Crippen LogP contribution is 2.32. The molecule has 0 bridgehead atoms. The van der Waals surface area contributed by atoms with Gasteiger partial charge in [-0.2, -0.15) is 13.2 Å². The Hall–Kier alpha value is -3.08. The van der Waals surface area contributed by atoms with E-state index in [0.717, 1.165) is 0 Å². The molecule has 1 aliphatic rings. The number of aromatic nitrogens is 3. The van der Waals surface area contributed by atoms with Crippen LogP contribution in [0.25, 0.3) is 5.52 Å². The number of nitrogens with one attached hydrogen (secondary N) is 1. The second-order valence-corrected chi connectivity index (χ2v) is 7.67. The number of piperidine rings is 1. The number of halogens is 5. The summed E-state index contributed by atoms with van der Waals surface area (Å²) < 4.78 is 69.3. The maximum Gasteiger partial charge on any atom is 0.414 e. The van der Waals surface area contributed by atoms with Gasteiger partial charge in [-0.15, -0.1) is 0 Å². The Morgan fingerprint density at radius 3 is 2.50 bits per heavy atom. The molecule has 1 aliphatic heterocycles. The predicted octanol–water partition coefficient (Wildman–Crippen LogP) is 3.99. The molecule has 0 spiro atoms. The first-order chi connectivity index (χ1) is 15.1. The largest absolute Gasteiger partial charge is 0.414 e. The molecule has 1 saturated heterocycles. The number of imidazole rings is 1. The van der Waals surface area contributed by atoms with Crippen molar-refractivity contribution >= 4 is 11.4 Å². The lowest BCUT2D eigenvalue weighted by atomic mass is 10.1. The van der Waals surface area contributed by atoms with E-state index < -0.39 is 24.0 Å². The molecular formula is C21H20F5N5O. The van der Waals surface area contributed by atoms with E-state index in [1.165, 1.54) is 24.4 Å². The van der Waals surface area contributed by atoms with E-state index in [0.29, 0.717) is 11.3 Å². The van der Waals surface area contributed by atoms with Crippen molar-refractivity contribution in [2.75, 3.05) is 13.1 Å². The molecule has 1 unspecified atom stereocenters. The summed E-state index contributed by atoms with van der Waals surface area (Å²) in [5.74, 6) is -3.32. The zero-order valence-corrected chi connectivity index (χ0v) is 16.8. The van der Waals surface area contributed by atoms with Crippen LogP contribution < -0.4 is 5.32 Å². The third-order valence-corrected chi connectivity index (χ3v) is 5.38. The summed E-state index contributed by atoms with van der Waals surface area (Å²) in [6.45, 7) is 0.510. The molecule has 1 atom stereocenters. The van der Waals surface area contributed by atoms with Crippen LogP contribution in [0.5, 0.6) is 0 Å². The van der Waals surface area contributed by atoms with Crippen molar-refractivity contribution in [3.63, 3.8) is 0 Å². The summed E-state index contributed by atoms with van der Waals surface area (Å²) in [6, 6.07) is 6.66. The number of amides is 1. The number of hydrogen-bond donors (Lipinski definition) is 1. The van der Waals surface area contributed by atoms with Crippen LogP contribution in [0.1, 0.15) is 40.9 Å². The normalized spacial score (nSPS) is 17.9. The summed E-state index contributed by atoms with van der Waals surface area (Å²) in [5, 5.41) is 1.99. The first-order valence-corrected chi connectivity index (χ1v) is 9.99. The van der Waals surface area contributed by atoms with E-state index in [-0.39, 0.29) is 43.9 Å². The monoisotopic (exact) mass is 453 g/mol. The number of likely N-dealkylation sites (tertiary alicyclic amines) is 1. The first-order valence-electron chi connectivity index (χ1n) is 9.99. The average molecular weight is 453 g/mol. The van der Waals surface area contributed by atoms with Crippen molar-refractivity contribution in [1.29, 1.82) is 0 Å². The van der Waals surface area contributed by atoms with Gasteiger partial charge in [0.25, 0.3) is 11.8 Å². The van der Waals surface area contributed by atoms with Gasteiger partial charge in [-0.05, 0) is 24.3 Å². The zero-order chi connectivity index (χ0) is 22.9. The lowest BCUT2D eigenvalue weighted by Crippen LogP contribution is -2.39. The van der Waals surface area contributed by atoms with Gasteiger partial charge in [0, 0.05) is 38.3 Å². The summed E-state index contributed by atoms with van der Waals surface area (Å²) in [7, 11) is 0. The average Bonchev–Trinajstić information content (AvgIpc) is 3.12. The van der Waals surface area contributed by atoms with Crippen LogP contribution in [-0.2, 0) is 6.54 Å². The van der Waals surface area contributed by atoms with Gasteiger partial charge < -0.3 is 9.72 Å². The molecule has 1 fully saturated rings. The Labute approximate surface area is 180 Å². The Morgan fingerprint density at radius 2 is 1.84 bits per heavy atom. The Balaban J connectivity index is 1.61. The number of hydrogen-bond acceptors (Lipinski definition) is 4. The quantitative estimate of drug-likeness (QED) is 0.594. The SMILES string of the molecule is O=C(NC(c1ccccn1)C(F)(F)F)c1nc(CN2CCC(F)(F)CC2)n2ccccc12. The van der Waals surface area contributed by atoms with Crippen LogP contribution in [0, 0.1) is 0 Å². The third-order valence-electron chi connectivity index (χ3n) is 5.38. The second-order valence-electron chi connectivity index (χ2n) is 7.67. The molecule has 0 aromatic carbocycles. The minimum atomic E-state index is -4.76. The second kappa shape index (κ2) is 8.45. The topological polar surface area (TPSA) is 62.5 Å². The molecule has 4 heterocycles. The maximum atomic E-state index is 13.6. The van der Waals surface area contributed by atoms with Crippen LogP contribution in [0.2, 0.25) is 0 Å². The maximum absolute atomic E-state index is 13.6. The number of fused-ring (bicyclic) bond motifs is 1. The smallest absolute Gasteiger partial charge is 0.334 e. The zero-order valence-electron chi connectivity index (χ0n) is 16.8. The lowest BCUT2D eigenvalue weighted by molar-refractivity contribution is -0.156. The standard InChI is InChI=1S/C21H20F5N5O/c22-20(23)7-11-30(12-8-20)13-16-28-17(15-6-2-4-10-31(15)16)19(32)29-18(21(24,25)26)14-5-1-3-9-27-14/h1-6,9-10,18H,7-8,11-13H2,(H,29,32). The van der Waals surface area contributed by atoms with Gasteiger partial charge in [0.05, 0.1) is 17.8 Å². The lowest BCUT2D eigenvalue weighted by Gasteiger charge is -2.31. The van der Waals surface area contributed by atoms with Crippen molar-refractivity contribution in [3.05, 3.63) is 66.0 Å². The van der Waals surface area contributed by atoms with E-state index in [9.17, 15) is 26.7 Å². The molecular weight excluding hydrogens is 433 g/mol. The molecule has 11 heteroatoms. The van der Waals surface area contributed by atoms with Crippen molar-refractivity contribution in [3.8, 4) is 0 Å². The first kappa shape index (κ1) is 22.1. The van der Waals surface area contributed by atoms with Crippen LogP contribution in [0.15, 0.2) is 48.8 Å². The molecule has 4 rings (SSSR count). The minimum absolute atomic E-state index is 0.159. The number of pyridine rings is 2. The van der Waals surface area contributed by atoms with Crippen molar-refractivity contribution < 1.29 is 26.7 Å². The number of rotatable bonds is 5. The van der Waals surface area contributed by atoms with Gasteiger partial charge >= 0.3 is 6.18 Å². The summed E-state index contributed by atoms with van der Waals surface area (Å²) in [5.41, 5.74) is -0.191. The van der Waals surface area contributed by atoms with Crippen LogP contribution >= 0.6 is 0 Å². The number of carbonyl (C=O) groups excluding carboxylic acids is 1. The predicted molar refractivity (Wildman–Crippen MR) is 105 cm³/mol. The Bertz CT molecular complexity index is 1090. The fourth-order valence-electron chi connectivity index (χ4n) is 3.69. The van der Waals surface area contributed by atoms with E-state index in [2.05, 4.69) is 9.97 Å². The summed E-state index contributed by atoms with van der Waals surface area (Å²) in [4.78, 5) is 22.6. The van der Waals surface area contributed by atoms with E-state index in [1.807, 2.05) is 5.32 Å². The molecule has 1 N–H and O–H groups in total. The minimum Gasteiger partial charge on any atom is -0.334 e. The highest BCUT2D eigenvalue weighted by Gasteiger charge is 2.43. The molecule has 0 saturated carbocycles. The van der Waals surface area contributed by atoms with Crippen LogP contribution in [0.3, 0.4) is 0 Å². The van der Waals surface area contributed by atoms with Crippen molar-refractivity contribution in [2.24, 2.45) is 0 Å². The van der Waals surface area contributed by atoms with Gasteiger partial charge in [-0.25, -0.2) is 13.8 Å². The van der Waals surface area contributed by atoms with Gasteiger partial charge in [0.1, 0.15) is 5.82 Å². The van der Waals surface area contributed by atoms with Crippen LogP contribution in [0.4, 0.5) is 22.0 Å². The number of alkyl halides is 5. The molecule has 3 aromatic rings. The van der Waals surface area contributed by atoms with E-state index in [4.69, 9.17) is 0 Å². The van der Waals surface area contributed by atoms with Gasteiger partial charge in [-0.1, -0.05) is 12.1 Å². The molecule has 3 aromatic heterocycles. The van der Waals surface area contributed by atoms with Crippen molar-refractivity contribution in [2.45, 2.75) is 37.5 Å². The van der Waals surface area contributed by atoms with E-state index in [1.54, 1.807) is 33.7 Å². The molecule has 6 nitrogen and oxygen atoms in total. The number of carbonyl (C=O) groups is 1. The van der Waals surface area contributed by atoms with Gasteiger partial charge in [0.15, 0.2) is 11.7 Å². The summed E-state index contributed by atoms with van der Waals surface area (Å²) >= 11 is 0. The third kappa shape index (κ3) is 4.72. The molecule has 1 amide bonds. The molecule has 32 heavy (non-hydrogen) atoms. The number of nitrogens with zero attached hydrogens (tertiary/aromatic N) is 4. The molecule has 170 valence electrons. The highest BCUT2D eigenvalue weighted by atomic mass is 19.4. The van der Waals surface area contributed by atoms with Gasteiger partial charge in [-0.3, -0.25) is 14.7 Å². The van der Waals surface area contributed by atoms with Crippen LogP contribution in [-0.4, -0.2) is 50.4 Å². The Morgan fingerprint density at radius 1 is 1.12 bits per heavy atom. The highest BCUT2D eigenvalue weighted by molar-refractivity contribution is 5.99. The van der Waals surface area contributed by atoms with Gasteiger partial charge in [0.2, 0.25) is 0 Å². The van der Waals surface area contributed by atoms with E-state index >= 15 is 0 Å². The Kier molecular flexibility index (Phi) is 5.85. The fourth-order valence-corrected chi connectivity index (χ4v) is 3.69. The van der Waals surface area contributed by atoms with Crippen molar-refractivity contribution in [1.82, 2.24) is 24.6 Å². The molecule has 0 radical (unpaired) electrons. The molecule has 0 aliphatic carbocycles. The summed E-state index contributed by atoms with van der Waals surface area (Å²) in [6.07, 6.45) is -2.47.